The molecule has 0 bridgehead atoms. The van der Waals surface area contributed by atoms with Crippen molar-refractivity contribution < 1.29 is 18.7 Å². The number of benzene rings is 3. The lowest BCUT2D eigenvalue weighted by atomic mass is 10.3. The molecule has 0 fully saturated rings. The lowest BCUT2D eigenvalue weighted by molar-refractivity contribution is -0.134. The van der Waals surface area contributed by atoms with E-state index in [4.69, 9.17) is 0 Å². The predicted molar refractivity (Wildman–Crippen MR) is 97.6 cm³/mol. The summed E-state index contributed by atoms with van der Waals surface area (Å²) in [6.07, 6.45) is -0.290. The minimum absolute atomic E-state index is 0.118. The normalized spacial score (nSPS) is 11.3. The molecule has 0 aliphatic heterocycles. The maximum Gasteiger partial charge on any atom is 0.342 e. The third kappa shape index (κ3) is 3.18. The van der Waals surface area contributed by atoms with Crippen molar-refractivity contribution in [2.24, 2.45) is 0 Å². The van der Waals surface area contributed by atoms with Gasteiger partial charge in [-0.25, -0.2) is 9.18 Å². The van der Waals surface area contributed by atoms with E-state index in [1.807, 2.05) is 12.1 Å². The average Bonchev–Trinajstić information content (AvgIpc) is 2.63. The molecular formula is C20H16F2O2P+. The first kappa shape index (κ1) is 17.2. The van der Waals surface area contributed by atoms with Crippen LogP contribution in [0.15, 0.2) is 78.9 Å². The zero-order valence-corrected chi connectivity index (χ0v) is 14.2. The zero-order chi connectivity index (χ0) is 17.9. The summed E-state index contributed by atoms with van der Waals surface area (Å²) in [6, 6.07) is 21.9. The highest BCUT2D eigenvalue weighted by Gasteiger charge is 2.49. The summed E-state index contributed by atoms with van der Waals surface area (Å²) in [5, 5.41) is 11.1. The number of carbonyl (C=O) groups is 1. The van der Waals surface area contributed by atoms with Crippen LogP contribution in [0.1, 0.15) is 0 Å². The van der Waals surface area contributed by atoms with Crippen LogP contribution in [0, 0.1) is 11.6 Å². The van der Waals surface area contributed by atoms with Crippen LogP contribution in [0.3, 0.4) is 0 Å². The van der Waals surface area contributed by atoms with E-state index in [-0.39, 0.29) is 11.5 Å². The Balaban J connectivity index is 2.41. The van der Waals surface area contributed by atoms with Gasteiger partial charge in [0, 0.05) is 0 Å². The maximum absolute atomic E-state index is 14.8. The standard InChI is InChI=1S/C20H15F2O2P/c21-17-12-7-13-18(20(17)22)25(14-19(23)24,15-8-3-1-4-9-15)16-10-5-2-6-11-16/h1-13H,14H2/p+1. The van der Waals surface area contributed by atoms with Crippen molar-refractivity contribution in [2.75, 3.05) is 6.16 Å². The summed E-state index contributed by atoms with van der Waals surface area (Å²) in [7, 11) is -2.89. The van der Waals surface area contributed by atoms with Gasteiger partial charge >= 0.3 is 5.97 Å². The third-order valence-electron chi connectivity index (χ3n) is 4.11. The van der Waals surface area contributed by atoms with Crippen molar-refractivity contribution >= 4 is 29.1 Å². The van der Waals surface area contributed by atoms with Crippen molar-refractivity contribution in [3.63, 3.8) is 0 Å². The Hall–Kier alpha value is -2.58. The van der Waals surface area contributed by atoms with E-state index >= 15 is 0 Å². The summed E-state index contributed by atoms with van der Waals surface area (Å²) in [6.45, 7) is 0. The fourth-order valence-corrected chi connectivity index (χ4v) is 6.99. The van der Waals surface area contributed by atoms with Crippen molar-refractivity contribution in [3.05, 3.63) is 90.5 Å². The molecule has 2 nitrogen and oxygen atoms in total. The number of aliphatic carboxylic acids is 1. The lowest BCUT2D eigenvalue weighted by Gasteiger charge is -2.26. The number of hydrogen-bond donors (Lipinski definition) is 1. The van der Waals surface area contributed by atoms with Crippen LogP contribution in [0.4, 0.5) is 8.78 Å². The second-order valence-electron chi connectivity index (χ2n) is 5.61. The van der Waals surface area contributed by atoms with Gasteiger partial charge in [-0.2, -0.15) is 4.39 Å². The molecule has 0 radical (unpaired) electrons. The average molecular weight is 357 g/mol. The molecule has 0 aliphatic carbocycles. The highest BCUT2D eigenvalue weighted by atomic mass is 31.2. The summed E-state index contributed by atoms with van der Waals surface area (Å²) in [4.78, 5) is 11.7. The van der Waals surface area contributed by atoms with Crippen molar-refractivity contribution in [1.29, 1.82) is 0 Å². The van der Waals surface area contributed by atoms with E-state index in [2.05, 4.69) is 0 Å². The Bertz CT molecular complexity index is 843. The second-order valence-corrected chi connectivity index (χ2v) is 9.06. The van der Waals surface area contributed by atoms with Gasteiger partial charge < -0.3 is 5.11 Å². The molecule has 0 saturated heterocycles. The monoisotopic (exact) mass is 357 g/mol. The molecule has 0 aromatic heterocycles. The molecule has 0 saturated carbocycles. The molecule has 25 heavy (non-hydrogen) atoms. The first-order valence-corrected chi connectivity index (χ1v) is 9.69. The van der Waals surface area contributed by atoms with Gasteiger partial charge in [0.25, 0.3) is 0 Å². The first-order valence-electron chi connectivity index (χ1n) is 7.71. The summed E-state index contributed by atoms with van der Waals surface area (Å²) in [5.41, 5.74) is 0. The number of halogens is 2. The maximum atomic E-state index is 14.8. The van der Waals surface area contributed by atoms with Crippen LogP contribution in [0.5, 0.6) is 0 Å². The minimum atomic E-state index is -2.89. The van der Waals surface area contributed by atoms with E-state index < -0.39 is 24.9 Å². The summed E-state index contributed by atoms with van der Waals surface area (Å²) in [5.74, 6) is -3.01. The molecule has 0 atom stereocenters. The van der Waals surface area contributed by atoms with Gasteiger partial charge in [-0.15, -0.1) is 0 Å². The Morgan fingerprint density at radius 3 is 1.80 bits per heavy atom. The van der Waals surface area contributed by atoms with Crippen LogP contribution in [0.25, 0.3) is 0 Å². The fraction of sp³-hybridized carbons (Fsp3) is 0.0500. The van der Waals surface area contributed by atoms with Crippen LogP contribution in [-0.4, -0.2) is 17.2 Å². The highest BCUT2D eigenvalue weighted by Crippen LogP contribution is 2.55. The molecular weight excluding hydrogens is 341 g/mol. The Morgan fingerprint density at radius 1 is 0.800 bits per heavy atom. The predicted octanol–water partition coefficient (Wildman–Crippen LogP) is 3.34. The first-order chi connectivity index (χ1) is 12.1. The van der Waals surface area contributed by atoms with E-state index in [1.165, 1.54) is 12.1 Å². The lowest BCUT2D eigenvalue weighted by Crippen LogP contribution is -2.37. The molecule has 126 valence electrons. The molecule has 3 aromatic carbocycles. The molecule has 3 rings (SSSR count). The summed E-state index contributed by atoms with van der Waals surface area (Å²) >= 11 is 0. The van der Waals surface area contributed by atoms with Crippen molar-refractivity contribution in [1.82, 2.24) is 0 Å². The van der Waals surface area contributed by atoms with Crippen molar-refractivity contribution in [2.45, 2.75) is 0 Å². The topological polar surface area (TPSA) is 37.3 Å². The van der Waals surface area contributed by atoms with E-state index in [9.17, 15) is 18.7 Å². The number of rotatable bonds is 5. The van der Waals surface area contributed by atoms with Gasteiger partial charge in [0.15, 0.2) is 12.0 Å². The molecule has 0 spiro atoms. The van der Waals surface area contributed by atoms with Crippen LogP contribution in [-0.2, 0) is 4.79 Å². The second kappa shape index (κ2) is 7.12. The Kier molecular flexibility index (Phi) is 4.91. The summed E-state index contributed by atoms with van der Waals surface area (Å²) < 4.78 is 28.8. The van der Waals surface area contributed by atoms with E-state index in [0.29, 0.717) is 10.6 Å². The van der Waals surface area contributed by atoms with Gasteiger partial charge in [0.05, 0.1) is 0 Å². The molecule has 0 heterocycles. The van der Waals surface area contributed by atoms with Gasteiger partial charge in [-0.3, -0.25) is 0 Å². The Morgan fingerprint density at radius 2 is 1.32 bits per heavy atom. The van der Waals surface area contributed by atoms with Crippen LogP contribution in [0.2, 0.25) is 0 Å². The van der Waals surface area contributed by atoms with Gasteiger partial charge in [-0.1, -0.05) is 42.5 Å². The van der Waals surface area contributed by atoms with Gasteiger partial charge in [-0.05, 0) is 36.4 Å². The van der Waals surface area contributed by atoms with Crippen molar-refractivity contribution in [3.8, 4) is 0 Å². The van der Waals surface area contributed by atoms with E-state index in [1.54, 1.807) is 48.5 Å². The minimum Gasteiger partial charge on any atom is -0.479 e. The number of hydrogen-bond acceptors (Lipinski definition) is 1. The zero-order valence-electron chi connectivity index (χ0n) is 13.3. The molecule has 0 unspecified atom stereocenters. The molecule has 5 heteroatoms. The highest BCUT2D eigenvalue weighted by molar-refractivity contribution is 7.96. The quantitative estimate of drug-likeness (QED) is 0.711. The molecule has 3 aromatic rings. The number of carboxylic acids is 1. The van der Waals surface area contributed by atoms with E-state index in [0.717, 1.165) is 6.07 Å². The van der Waals surface area contributed by atoms with Crippen LogP contribution >= 0.6 is 7.26 Å². The largest absolute Gasteiger partial charge is 0.479 e. The third-order valence-corrected chi connectivity index (χ3v) is 8.38. The fourth-order valence-electron chi connectivity index (χ4n) is 3.05. The van der Waals surface area contributed by atoms with Gasteiger partial charge in [0.2, 0.25) is 5.82 Å². The molecule has 0 aliphatic rings. The van der Waals surface area contributed by atoms with Gasteiger partial charge in [0.1, 0.15) is 23.2 Å². The SMILES string of the molecule is O=C(O)C[P+](c1ccccc1)(c1ccccc1)c1cccc(F)c1F. The molecule has 0 amide bonds. The number of carboxylic acid groups (broad SMARTS) is 1. The van der Waals surface area contributed by atoms with Crippen LogP contribution < -0.4 is 15.9 Å². The Labute approximate surface area is 145 Å². The molecule has 1 N–H and O–H groups in total. The smallest absolute Gasteiger partial charge is 0.342 e.